The van der Waals surface area contributed by atoms with E-state index in [9.17, 15) is 0 Å². The number of nitrogens with one attached hydrogen (secondary N) is 1. The summed E-state index contributed by atoms with van der Waals surface area (Å²) in [4.78, 5) is 4.33. The molecule has 1 N–H and O–H groups in total. The van der Waals surface area contributed by atoms with E-state index >= 15 is 0 Å². The molecule has 3 heteroatoms. The maximum absolute atomic E-state index is 6.41. The van der Waals surface area contributed by atoms with Gasteiger partial charge >= 0.3 is 0 Å². The number of benzene rings is 1. The van der Waals surface area contributed by atoms with Gasteiger partial charge in [0.1, 0.15) is 11.9 Å². The Hall–Kier alpha value is -2.13. The first-order valence-corrected chi connectivity index (χ1v) is 8.46. The zero-order valence-electron chi connectivity index (χ0n) is 13.2. The molecule has 1 saturated heterocycles. The summed E-state index contributed by atoms with van der Waals surface area (Å²) in [6.07, 6.45) is 13.1. The third-order valence-electron chi connectivity index (χ3n) is 4.75. The summed E-state index contributed by atoms with van der Waals surface area (Å²) in [5.74, 6) is 1.64. The molecule has 0 aromatic heterocycles. The standard InChI is InChI=1S/C20H22N2O/c1-2-4-15(5-3-1)17-12-16-6-9-22-14-19(16)20(13-17)23-18-7-10-21-11-8-18/h1-6,9,12-14,16,18-19,21H,7-8,10-11H2. The summed E-state index contributed by atoms with van der Waals surface area (Å²) in [6, 6.07) is 10.5. The van der Waals surface area contributed by atoms with Gasteiger partial charge in [-0.15, -0.1) is 0 Å². The third kappa shape index (κ3) is 3.15. The van der Waals surface area contributed by atoms with Crippen LogP contribution in [0.1, 0.15) is 18.4 Å². The van der Waals surface area contributed by atoms with Crippen molar-refractivity contribution in [1.82, 2.24) is 5.32 Å². The Morgan fingerprint density at radius 3 is 2.74 bits per heavy atom. The number of piperidine rings is 1. The number of ether oxygens (including phenoxy) is 1. The van der Waals surface area contributed by atoms with Crippen LogP contribution in [0.2, 0.25) is 0 Å². The Labute approximate surface area is 137 Å². The first-order chi connectivity index (χ1) is 11.4. The second kappa shape index (κ2) is 6.55. The fourth-order valence-electron chi connectivity index (χ4n) is 3.47. The lowest BCUT2D eigenvalue weighted by Gasteiger charge is -2.32. The van der Waals surface area contributed by atoms with Crippen molar-refractivity contribution in [2.45, 2.75) is 18.9 Å². The van der Waals surface area contributed by atoms with Gasteiger partial charge in [-0.2, -0.15) is 0 Å². The van der Waals surface area contributed by atoms with E-state index in [0.29, 0.717) is 12.0 Å². The molecule has 3 aliphatic rings. The number of fused-ring (bicyclic) bond motifs is 1. The molecule has 1 aliphatic carbocycles. The van der Waals surface area contributed by atoms with Crippen LogP contribution in [-0.4, -0.2) is 25.4 Å². The normalized spacial score (nSPS) is 27.1. The van der Waals surface area contributed by atoms with Crippen LogP contribution in [0.25, 0.3) is 5.57 Å². The highest BCUT2D eigenvalue weighted by Gasteiger charge is 2.29. The predicted molar refractivity (Wildman–Crippen MR) is 94.1 cm³/mol. The maximum Gasteiger partial charge on any atom is 0.106 e. The zero-order valence-corrected chi connectivity index (χ0v) is 13.2. The molecule has 0 spiro atoms. The van der Waals surface area contributed by atoms with E-state index in [1.807, 2.05) is 12.4 Å². The molecular weight excluding hydrogens is 284 g/mol. The van der Waals surface area contributed by atoms with Gasteiger partial charge in [-0.3, -0.25) is 4.99 Å². The molecule has 4 rings (SSSR count). The Bertz CT molecular complexity index is 666. The molecule has 2 heterocycles. The largest absolute Gasteiger partial charge is 0.494 e. The fourth-order valence-corrected chi connectivity index (χ4v) is 3.47. The lowest BCUT2D eigenvalue weighted by atomic mass is 9.82. The summed E-state index contributed by atoms with van der Waals surface area (Å²) in [5.41, 5.74) is 2.49. The number of allylic oxidation sites excluding steroid dienone is 5. The molecule has 0 radical (unpaired) electrons. The summed E-state index contributed by atoms with van der Waals surface area (Å²) in [5, 5.41) is 3.39. The van der Waals surface area contributed by atoms with Crippen molar-refractivity contribution in [2.75, 3.05) is 13.1 Å². The summed E-state index contributed by atoms with van der Waals surface area (Å²) >= 11 is 0. The number of hydrogen-bond acceptors (Lipinski definition) is 3. The van der Waals surface area contributed by atoms with Gasteiger partial charge in [-0.05, 0) is 43.1 Å². The Balaban J connectivity index is 1.63. The molecule has 118 valence electrons. The smallest absolute Gasteiger partial charge is 0.106 e. The van der Waals surface area contributed by atoms with E-state index in [4.69, 9.17) is 4.74 Å². The van der Waals surface area contributed by atoms with Gasteiger partial charge in [-0.25, -0.2) is 0 Å². The molecule has 1 aromatic rings. The van der Waals surface area contributed by atoms with Gasteiger partial charge in [0.25, 0.3) is 0 Å². The Kier molecular flexibility index (Phi) is 4.12. The lowest BCUT2D eigenvalue weighted by molar-refractivity contribution is 0.0735. The van der Waals surface area contributed by atoms with E-state index in [1.54, 1.807) is 0 Å². The van der Waals surface area contributed by atoms with Gasteiger partial charge in [0.05, 0.1) is 5.92 Å². The summed E-state index contributed by atoms with van der Waals surface area (Å²) in [6.45, 7) is 2.09. The van der Waals surface area contributed by atoms with Crippen LogP contribution in [0.5, 0.6) is 0 Å². The first-order valence-electron chi connectivity index (χ1n) is 8.46. The van der Waals surface area contributed by atoms with Crippen molar-refractivity contribution < 1.29 is 4.74 Å². The van der Waals surface area contributed by atoms with Crippen molar-refractivity contribution in [3.05, 3.63) is 66.1 Å². The van der Waals surface area contributed by atoms with Crippen LogP contribution in [0.3, 0.4) is 0 Å². The van der Waals surface area contributed by atoms with Crippen LogP contribution in [0.15, 0.2) is 65.5 Å². The van der Waals surface area contributed by atoms with E-state index < -0.39 is 0 Å². The van der Waals surface area contributed by atoms with E-state index in [-0.39, 0.29) is 5.92 Å². The average molecular weight is 306 g/mol. The van der Waals surface area contributed by atoms with Crippen LogP contribution >= 0.6 is 0 Å². The van der Waals surface area contributed by atoms with Crippen molar-refractivity contribution in [2.24, 2.45) is 16.8 Å². The van der Waals surface area contributed by atoms with Gasteiger partial charge in [0.2, 0.25) is 0 Å². The molecule has 0 bridgehead atoms. The number of rotatable bonds is 3. The molecule has 23 heavy (non-hydrogen) atoms. The minimum absolute atomic E-state index is 0.238. The van der Waals surface area contributed by atoms with Gasteiger partial charge in [0, 0.05) is 18.3 Å². The van der Waals surface area contributed by atoms with Crippen LogP contribution in [0.4, 0.5) is 0 Å². The average Bonchev–Trinajstić information content (AvgIpc) is 2.63. The van der Waals surface area contributed by atoms with E-state index in [2.05, 4.69) is 58.9 Å². The van der Waals surface area contributed by atoms with E-state index in [0.717, 1.165) is 31.7 Å². The maximum atomic E-state index is 6.41. The highest BCUT2D eigenvalue weighted by molar-refractivity contribution is 5.80. The zero-order chi connectivity index (χ0) is 15.5. The number of hydrogen-bond donors (Lipinski definition) is 1. The van der Waals surface area contributed by atoms with Gasteiger partial charge in [-0.1, -0.05) is 42.5 Å². The topological polar surface area (TPSA) is 33.6 Å². The second-order valence-corrected chi connectivity index (χ2v) is 6.34. The molecule has 0 saturated carbocycles. The minimum Gasteiger partial charge on any atom is -0.494 e. The molecule has 1 fully saturated rings. The summed E-state index contributed by atoms with van der Waals surface area (Å²) in [7, 11) is 0. The first kappa shape index (κ1) is 14.5. The molecule has 1 aromatic carbocycles. The van der Waals surface area contributed by atoms with Crippen LogP contribution in [-0.2, 0) is 4.74 Å². The van der Waals surface area contributed by atoms with Gasteiger partial charge in [0.15, 0.2) is 0 Å². The molecule has 2 atom stereocenters. The highest BCUT2D eigenvalue weighted by atomic mass is 16.5. The van der Waals surface area contributed by atoms with Gasteiger partial charge < -0.3 is 10.1 Å². The molecule has 2 aliphatic heterocycles. The molecular formula is C20H22N2O. The summed E-state index contributed by atoms with van der Waals surface area (Å²) < 4.78 is 6.41. The van der Waals surface area contributed by atoms with Crippen LogP contribution < -0.4 is 5.32 Å². The Morgan fingerprint density at radius 1 is 1.09 bits per heavy atom. The van der Waals surface area contributed by atoms with Crippen molar-refractivity contribution in [3.8, 4) is 0 Å². The van der Waals surface area contributed by atoms with Crippen molar-refractivity contribution in [3.63, 3.8) is 0 Å². The van der Waals surface area contributed by atoms with E-state index in [1.165, 1.54) is 11.1 Å². The molecule has 2 unspecified atom stereocenters. The molecule has 3 nitrogen and oxygen atoms in total. The van der Waals surface area contributed by atoms with Crippen molar-refractivity contribution >= 4 is 11.8 Å². The predicted octanol–water partition coefficient (Wildman–Crippen LogP) is 3.57. The van der Waals surface area contributed by atoms with Crippen LogP contribution in [0, 0.1) is 11.8 Å². The monoisotopic (exact) mass is 306 g/mol. The highest BCUT2D eigenvalue weighted by Crippen LogP contribution is 2.36. The third-order valence-corrected chi connectivity index (χ3v) is 4.75. The minimum atomic E-state index is 0.238. The quantitative estimate of drug-likeness (QED) is 0.926. The SMILES string of the molecule is C1=CC2C=C(c3ccccc3)C=C(OC3CCNCC3)C2C=N1. The number of nitrogens with zero attached hydrogens (tertiary/aromatic N) is 1. The van der Waals surface area contributed by atoms with Crippen molar-refractivity contribution in [1.29, 1.82) is 0 Å². The lowest BCUT2D eigenvalue weighted by Crippen LogP contribution is -2.34. The fraction of sp³-hybridized carbons (Fsp3) is 0.350. The number of aliphatic imine (C=N–C) groups is 1. The second-order valence-electron chi connectivity index (χ2n) is 6.34. The molecule has 0 amide bonds. The Morgan fingerprint density at radius 2 is 1.91 bits per heavy atom.